The first-order valence-electron chi connectivity index (χ1n) is 5.77. The second-order valence-electron chi connectivity index (χ2n) is 4.25. The van der Waals surface area contributed by atoms with Gasteiger partial charge in [-0.1, -0.05) is 0 Å². The molecular weight excluding hydrogens is 297 g/mol. The maximum absolute atomic E-state index is 12.8. The Hall–Kier alpha value is -1.59. The molecule has 0 radical (unpaired) electrons. The van der Waals surface area contributed by atoms with Gasteiger partial charge < -0.3 is 10.1 Å². The van der Waals surface area contributed by atoms with E-state index in [1.165, 1.54) is 0 Å². The number of nitrogens with one attached hydrogen (secondary N) is 1. The Bertz CT molecular complexity index is 531. The van der Waals surface area contributed by atoms with Gasteiger partial charge in [0.05, 0.1) is 18.6 Å². The molecule has 1 N–H and O–H groups in total. The normalized spacial score (nSPS) is 23.1. The zero-order chi connectivity index (χ0) is 14.8. The average Bonchev–Trinajstić information content (AvgIpc) is 2.37. The Morgan fingerprint density at radius 2 is 2.25 bits per heavy atom. The van der Waals surface area contributed by atoms with Crippen LogP contribution in [0, 0.1) is 17.2 Å². The Balaban J connectivity index is 2.20. The fourth-order valence-electron chi connectivity index (χ4n) is 1.84. The SMILES string of the molecule is N#CC1CCOC(Nc2nc(Cl)ncc2C(F)(F)F)C1. The first-order chi connectivity index (χ1) is 9.40. The van der Waals surface area contributed by atoms with E-state index in [1.54, 1.807) is 0 Å². The lowest BCUT2D eigenvalue weighted by atomic mass is 10.0. The number of alkyl halides is 3. The Morgan fingerprint density at radius 1 is 1.50 bits per heavy atom. The van der Waals surface area contributed by atoms with Crippen molar-refractivity contribution in [2.75, 3.05) is 11.9 Å². The molecule has 108 valence electrons. The minimum atomic E-state index is -4.60. The first-order valence-corrected chi connectivity index (χ1v) is 6.15. The molecule has 1 saturated heterocycles. The highest BCUT2D eigenvalue weighted by atomic mass is 35.5. The van der Waals surface area contributed by atoms with Crippen molar-refractivity contribution in [3.05, 3.63) is 17.0 Å². The number of aromatic nitrogens is 2. The fraction of sp³-hybridized carbons (Fsp3) is 0.545. The van der Waals surface area contributed by atoms with E-state index in [4.69, 9.17) is 21.6 Å². The highest BCUT2D eigenvalue weighted by molar-refractivity contribution is 6.28. The van der Waals surface area contributed by atoms with Crippen molar-refractivity contribution < 1.29 is 17.9 Å². The lowest BCUT2D eigenvalue weighted by Gasteiger charge is -2.27. The molecule has 0 aromatic carbocycles. The summed E-state index contributed by atoms with van der Waals surface area (Å²) in [5.74, 6) is -0.700. The molecule has 1 fully saturated rings. The third kappa shape index (κ3) is 3.49. The second-order valence-corrected chi connectivity index (χ2v) is 4.59. The Morgan fingerprint density at radius 3 is 2.90 bits per heavy atom. The van der Waals surface area contributed by atoms with Crippen LogP contribution in [0.5, 0.6) is 0 Å². The summed E-state index contributed by atoms with van der Waals surface area (Å²) in [5.41, 5.74) is -1.02. The van der Waals surface area contributed by atoms with Gasteiger partial charge in [-0.25, -0.2) is 9.97 Å². The third-order valence-electron chi connectivity index (χ3n) is 2.83. The van der Waals surface area contributed by atoms with E-state index in [0.717, 1.165) is 0 Å². The molecule has 1 aliphatic heterocycles. The Kier molecular flexibility index (Phi) is 4.30. The number of nitrogens with zero attached hydrogens (tertiary/aromatic N) is 3. The fourth-order valence-corrected chi connectivity index (χ4v) is 1.98. The number of ether oxygens (including phenoxy) is 1. The molecule has 0 amide bonds. The molecule has 0 bridgehead atoms. The van der Waals surface area contributed by atoms with E-state index < -0.39 is 23.8 Å². The van der Waals surface area contributed by atoms with Crippen LogP contribution in [0.4, 0.5) is 19.0 Å². The molecule has 2 heterocycles. The monoisotopic (exact) mass is 306 g/mol. The standard InChI is InChI=1S/C11H10ClF3N4O/c12-10-17-5-7(11(13,14)15)9(19-10)18-8-3-6(4-16)1-2-20-8/h5-6,8H,1-3H2,(H,17,18,19). The number of nitriles is 1. The number of hydrogen-bond acceptors (Lipinski definition) is 5. The molecular formula is C11H10ClF3N4O. The number of hydrogen-bond donors (Lipinski definition) is 1. The topological polar surface area (TPSA) is 70.8 Å². The number of rotatable bonds is 2. The molecule has 2 unspecified atom stereocenters. The van der Waals surface area contributed by atoms with Gasteiger partial charge in [0.15, 0.2) is 0 Å². The van der Waals surface area contributed by atoms with Crippen LogP contribution in [0.2, 0.25) is 5.28 Å². The van der Waals surface area contributed by atoms with Gasteiger partial charge in [0.1, 0.15) is 17.6 Å². The highest BCUT2D eigenvalue weighted by Crippen LogP contribution is 2.34. The van der Waals surface area contributed by atoms with Crippen LogP contribution in [-0.4, -0.2) is 22.8 Å². The van der Waals surface area contributed by atoms with Gasteiger partial charge in [-0.15, -0.1) is 0 Å². The van der Waals surface area contributed by atoms with Crippen LogP contribution >= 0.6 is 11.6 Å². The van der Waals surface area contributed by atoms with Gasteiger partial charge in [-0.2, -0.15) is 18.4 Å². The van der Waals surface area contributed by atoms with Gasteiger partial charge in [-0.3, -0.25) is 0 Å². The molecule has 0 aliphatic carbocycles. The van der Waals surface area contributed by atoms with E-state index in [-0.39, 0.29) is 17.6 Å². The summed E-state index contributed by atoms with van der Waals surface area (Å²) in [6.07, 6.45) is -3.85. The summed E-state index contributed by atoms with van der Waals surface area (Å²) >= 11 is 5.52. The molecule has 5 nitrogen and oxygen atoms in total. The van der Waals surface area contributed by atoms with Crippen molar-refractivity contribution in [2.24, 2.45) is 5.92 Å². The molecule has 1 aromatic heterocycles. The van der Waals surface area contributed by atoms with Crippen molar-refractivity contribution in [2.45, 2.75) is 25.2 Å². The van der Waals surface area contributed by atoms with Gasteiger partial charge in [0.25, 0.3) is 0 Å². The Labute approximate surface area is 117 Å². The van der Waals surface area contributed by atoms with Crippen LogP contribution in [-0.2, 0) is 10.9 Å². The maximum atomic E-state index is 12.8. The van der Waals surface area contributed by atoms with E-state index >= 15 is 0 Å². The molecule has 0 saturated carbocycles. The van der Waals surface area contributed by atoms with Gasteiger partial charge in [0.2, 0.25) is 5.28 Å². The van der Waals surface area contributed by atoms with Crippen molar-refractivity contribution in [3.63, 3.8) is 0 Å². The molecule has 20 heavy (non-hydrogen) atoms. The molecule has 9 heteroatoms. The maximum Gasteiger partial charge on any atom is 0.421 e. The summed E-state index contributed by atoms with van der Waals surface area (Å²) in [6.45, 7) is 0.302. The summed E-state index contributed by atoms with van der Waals surface area (Å²) in [5, 5.41) is 11.1. The van der Waals surface area contributed by atoms with Crippen LogP contribution < -0.4 is 5.32 Å². The quantitative estimate of drug-likeness (QED) is 0.851. The minimum absolute atomic E-state index is 0.257. The summed E-state index contributed by atoms with van der Waals surface area (Å²) in [7, 11) is 0. The smallest absolute Gasteiger partial charge is 0.358 e. The molecule has 2 rings (SSSR count). The average molecular weight is 307 g/mol. The van der Waals surface area contributed by atoms with Crippen molar-refractivity contribution in [3.8, 4) is 6.07 Å². The second kappa shape index (κ2) is 5.81. The zero-order valence-corrected chi connectivity index (χ0v) is 10.9. The van der Waals surface area contributed by atoms with E-state index in [1.807, 2.05) is 0 Å². The number of anilines is 1. The minimum Gasteiger partial charge on any atom is -0.358 e. The first kappa shape index (κ1) is 14.8. The van der Waals surface area contributed by atoms with E-state index in [9.17, 15) is 13.2 Å². The summed E-state index contributed by atoms with van der Waals surface area (Å²) < 4.78 is 43.8. The lowest BCUT2D eigenvalue weighted by molar-refractivity contribution is -0.137. The van der Waals surface area contributed by atoms with Crippen LogP contribution in [0.15, 0.2) is 6.20 Å². The third-order valence-corrected chi connectivity index (χ3v) is 3.01. The van der Waals surface area contributed by atoms with Gasteiger partial charge in [0, 0.05) is 12.6 Å². The van der Waals surface area contributed by atoms with Crippen LogP contribution in [0.25, 0.3) is 0 Å². The number of halogens is 4. The predicted molar refractivity (Wildman–Crippen MR) is 63.7 cm³/mol. The lowest BCUT2D eigenvalue weighted by Crippen LogP contribution is -2.32. The molecule has 0 spiro atoms. The van der Waals surface area contributed by atoms with E-state index in [2.05, 4.69) is 21.4 Å². The van der Waals surface area contributed by atoms with Crippen molar-refractivity contribution in [1.82, 2.24) is 9.97 Å². The summed E-state index contributed by atoms with van der Waals surface area (Å²) in [4.78, 5) is 6.88. The van der Waals surface area contributed by atoms with Gasteiger partial charge >= 0.3 is 6.18 Å². The van der Waals surface area contributed by atoms with Gasteiger partial charge in [-0.05, 0) is 18.0 Å². The highest BCUT2D eigenvalue weighted by Gasteiger charge is 2.36. The van der Waals surface area contributed by atoms with Crippen LogP contribution in [0.3, 0.4) is 0 Å². The molecule has 1 aliphatic rings. The van der Waals surface area contributed by atoms with Crippen molar-refractivity contribution in [1.29, 1.82) is 5.26 Å². The molecule has 2 atom stereocenters. The van der Waals surface area contributed by atoms with Crippen molar-refractivity contribution >= 4 is 17.4 Å². The largest absolute Gasteiger partial charge is 0.421 e. The zero-order valence-electron chi connectivity index (χ0n) is 10.1. The predicted octanol–water partition coefficient (Wildman–Crippen LogP) is 2.84. The summed E-state index contributed by atoms with van der Waals surface area (Å²) in [6, 6.07) is 2.07. The van der Waals surface area contributed by atoms with E-state index in [0.29, 0.717) is 19.2 Å². The van der Waals surface area contributed by atoms with Crippen LogP contribution in [0.1, 0.15) is 18.4 Å². The molecule has 1 aromatic rings.